The number of carboxylic acids is 1. The van der Waals surface area contributed by atoms with Gasteiger partial charge >= 0.3 is 5.97 Å². The highest BCUT2D eigenvalue weighted by Gasteiger charge is 2.27. The first-order valence-electron chi connectivity index (χ1n) is 1.93. The van der Waals surface area contributed by atoms with Gasteiger partial charge in [-0.15, -0.1) is 10.2 Å². The van der Waals surface area contributed by atoms with Gasteiger partial charge in [0.25, 0.3) is 6.17 Å². The van der Waals surface area contributed by atoms with Crippen LogP contribution in [0.4, 0.5) is 0 Å². The summed E-state index contributed by atoms with van der Waals surface area (Å²) in [5.41, 5.74) is -0.0370. The molecule has 1 aliphatic heterocycles. The van der Waals surface area contributed by atoms with E-state index in [2.05, 4.69) is 16.8 Å². The minimum absolute atomic E-state index is 0.0370. The molecule has 41 valence electrons. The Kier molecular flexibility index (Phi) is 0.865. The third-order valence-corrected chi connectivity index (χ3v) is 0.728. The first-order chi connectivity index (χ1) is 3.72. The fraction of sp³-hybridized carbons (Fsp3) is 0. The van der Waals surface area contributed by atoms with Gasteiger partial charge in [0.2, 0.25) is 0 Å². The SMILES string of the molecule is C=C([C]1N=N1)C(=O)O. The maximum atomic E-state index is 9.94. The molecule has 4 heteroatoms. The number of hydrogen-bond acceptors (Lipinski definition) is 3. The largest absolute Gasteiger partial charge is 0.478 e. The molecular weight excluding hydrogens is 108 g/mol. The van der Waals surface area contributed by atoms with Gasteiger partial charge in [-0.25, -0.2) is 4.79 Å². The molecule has 4 nitrogen and oxygen atoms in total. The van der Waals surface area contributed by atoms with E-state index >= 15 is 0 Å². The second-order valence-electron chi connectivity index (χ2n) is 1.31. The Morgan fingerprint density at radius 2 is 2.12 bits per heavy atom. The van der Waals surface area contributed by atoms with Gasteiger partial charge in [0.15, 0.2) is 0 Å². The topological polar surface area (TPSA) is 62.0 Å². The van der Waals surface area contributed by atoms with Crippen LogP contribution in [0.2, 0.25) is 0 Å². The number of nitrogens with zero attached hydrogens (tertiary/aromatic N) is 2. The summed E-state index contributed by atoms with van der Waals surface area (Å²) in [5, 5.41) is 14.7. The van der Waals surface area contributed by atoms with E-state index in [1.54, 1.807) is 0 Å². The predicted octanol–water partition coefficient (Wildman–Crippen LogP) is 0.582. The number of hydrogen-bond donors (Lipinski definition) is 1. The van der Waals surface area contributed by atoms with Crippen molar-refractivity contribution < 1.29 is 9.90 Å². The average Bonchev–Trinajstić information content (AvgIpc) is 2.43. The molecule has 8 heavy (non-hydrogen) atoms. The van der Waals surface area contributed by atoms with E-state index in [9.17, 15) is 4.79 Å². The standard InChI is InChI=1S/C4H3N2O2/c1-2(4(7)8)3-5-6-3/h1H2,(H,7,8). The van der Waals surface area contributed by atoms with E-state index in [-0.39, 0.29) is 11.7 Å². The van der Waals surface area contributed by atoms with Gasteiger partial charge in [-0.05, 0) is 0 Å². The van der Waals surface area contributed by atoms with Gasteiger partial charge in [0.05, 0.1) is 5.57 Å². The molecule has 0 aromatic heterocycles. The molecule has 1 rings (SSSR count). The van der Waals surface area contributed by atoms with E-state index in [1.165, 1.54) is 0 Å². The lowest BCUT2D eigenvalue weighted by Gasteiger charge is -1.85. The molecule has 0 amide bonds. The average molecular weight is 111 g/mol. The molecule has 0 atom stereocenters. The second-order valence-corrected chi connectivity index (χ2v) is 1.31. The monoisotopic (exact) mass is 111 g/mol. The minimum Gasteiger partial charge on any atom is -0.478 e. The van der Waals surface area contributed by atoms with Crippen LogP contribution in [0.25, 0.3) is 0 Å². The molecule has 1 N–H and O–H groups in total. The Labute approximate surface area is 45.5 Å². The van der Waals surface area contributed by atoms with Gasteiger partial charge in [-0.3, -0.25) is 0 Å². The quantitative estimate of drug-likeness (QED) is 0.530. The summed E-state index contributed by atoms with van der Waals surface area (Å²) >= 11 is 0. The Morgan fingerprint density at radius 1 is 1.62 bits per heavy atom. The second kappa shape index (κ2) is 1.40. The molecule has 0 aromatic carbocycles. The van der Waals surface area contributed by atoms with E-state index < -0.39 is 5.97 Å². The minimum atomic E-state index is -1.06. The number of carboxylic acid groups (broad SMARTS) is 1. The first kappa shape index (κ1) is 4.96. The van der Waals surface area contributed by atoms with Crippen LogP contribution in [-0.2, 0) is 4.79 Å². The summed E-state index contributed by atoms with van der Waals surface area (Å²) < 4.78 is 0. The van der Waals surface area contributed by atoms with Crippen molar-refractivity contribution in [3.8, 4) is 0 Å². The molecule has 0 aliphatic carbocycles. The van der Waals surface area contributed by atoms with Crippen molar-refractivity contribution in [2.75, 3.05) is 0 Å². The van der Waals surface area contributed by atoms with E-state index in [0.717, 1.165) is 0 Å². The highest BCUT2D eigenvalue weighted by molar-refractivity contribution is 5.90. The van der Waals surface area contributed by atoms with E-state index in [1.807, 2.05) is 0 Å². The molecule has 0 saturated heterocycles. The Bertz CT molecular complexity index is 167. The lowest BCUT2D eigenvalue weighted by molar-refractivity contribution is -0.132. The van der Waals surface area contributed by atoms with E-state index in [4.69, 9.17) is 5.11 Å². The smallest absolute Gasteiger partial charge is 0.335 e. The summed E-state index contributed by atoms with van der Waals surface area (Å²) in [6.45, 7) is 3.19. The van der Waals surface area contributed by atoms with Crippen molar-refractivity contribution in [3.63, 3.8) is 0 Å². The van der Waals surface area contributed by atoms with Crippen LogP contribution < -0.4 is 0 Å². The Morgan fingerprint density at radius 3 is 2.25 bits per heavy atom. The maximum absolute atomic E-state index is 9.94. The highest BCUT2D eigenvalue weighted by Crippen LogP contribution is 2.27. The molecular formula is C4H3N2O2. The zero-order valence-electron chi connectivity index (χ0n) is 3.96. The molecule has 1 radical (unpaired) electrons. The molecule has 0 spiro atoms. The van der Waals surface area contributed by atoms with Crippen LogP contribution in [-0.4, -0.2) is 11.1 Å². The number of rotatable bonds is 2. The van der Waals surface area contributed by atoms with Gasteiger partial charge in [-0.2, -0.15) is 0 Å². The lowest BCUT2D eigenvalue weighted by atomic mass is 10.3. The van der Waals surface area contributed by atoms with Crippen LogP contribution in [0.15, 0.2) is 22.4 Å². The van der Waals surface area contributed by atoms with Crippen molar-refractivity contribution in [1.29, 1.82) is 0 Å². The van der Waals surface area contributed by atoms with Crippen molar-refractivity contribution >= 4 is 5.97 Å². The molecule has 1 aliphatic rings. The number of aliphatic carboxylic acids is 1. The van der Waals surface area contributed by atoms with Crippen LogP contribution in [0.5, 0.6) is 0 Å². The van der Waals surface area contributed by atoms with Crippen LogP contribution in [0.1, 0.15) is 0 Å². The summed E-state index contributed by atoms with van der Waals surface area (Å²) in [4.78, 5) is 9.94. The van der Waals surface area contributed by atoms with Gasteiger partial charge in [0.1, 0.15) is 0 Å². The van der Waals surface area contributed by atoms with Gasteiger partial charge in [0, 0.05) is 0 Å². The zero-order valence-corrected chi connectivity index (χ0v) is 3.96. The summed E-state index contributed by atoms with van der Waals surface area (Å²) in [5.74, 6) is -1.06. The van der Waals surface area contributed by atoms with Gasteiger partial charge in [-0.1, -0.05) is 6.58 Å². The predicted molar refractivity (Wildman–Crippen MR) is 24.9 cm³/mol. The Hall–Kier alpha value is -1.19. The van der Waals surface area contributed by atoms with Gasteiger partial charge < -0.3 is 5.11 Å². The fourth-order valence-electron chi connectivity index (χ4n) is 0.241. The summed E-state index contributed by atoms with van der Waals surface area (Å²) in [6.07, 6.45) is 0.248. The van der Waals surface area contributed by atoms with E-state index in [0.29, 0.717) is 0 Å². The third-order valence-electron chi connectivity index (χ3n) is 0.728. The van der Waals surface area contributed by atoms with Crippen LogP contribution in [0, 0.1) is 6.17 Å². The molecule has 0 fully saturated rings. The number of carbonyl (C=O) groups is 1. The van der Waals surface area contributed by atoms with Crippen molar-refractivity contribution in [2.45, 2.75) is 0 Å². The Balaban J connectivity index is 2.46. The molecule has 0 bridgehead atoms. The first-order valence-corrected chi connectivity index (χ1v) is 1.93. The normalized spacial score (nSPS) is 16.0. The fourth-order valence-corrected chi connectivity index (χ4v) is 0.241. The molecule has 0 saturated carbocycles. The van der Waals surface area contributed by atoms with Crippen LogP contribution in [0.3, 0.4) is 0 Å². The van der Waals surface area contributed by atoms with Crippen LogP contribution >= 0.6 is 0 Å². The lowest BCUT2D eigenvalue weighted by Crippen LogP contribution is -1.99. The highest BCUT2D eigenvalue weighted by atomic mass is 16.4. The third kappa shape index (κ3) is 0.726. The molecule has 0 aromatic rings. The molecule has 1 heterocycles. The van der Waals surface area contributed by atoms with Crippen molar-refractivity contribution in [3.05, 3.63) is 18.3 Å². The summed E-state index contributed by atoms with van der Waals surface area (Å²) in [7, 11) is 0. The summed E-state index contributed by atoms with van der Waals surface area (Å²) in [6, 6.07) is 0. The zero-order chi connectivity index (χ0) is 6.15. The maximum Gasteiger partial charge on any atom is 0.335 e. The van der Waals surface area contributed by atoms with Crippen molar-refractivity contribution in [1.82, 2.24) is 0 Å². The molecule has 0 unspecified atom stereocenters. The van der Waals surface area contributed by atoms with Crippen molar-refractivity contribution in [2.24, 2.45) is 10.2 Å².